The molecular weight excluding hydrogens is 372 g/mol. The number of pyridine rings is 1. The van der Waals surface area contributed by atoms with Crippen LogP contribution in [0.4, 0.5) is 16.4 Å². The number of rotatable bonds is 6. The van der Waals surface area contributed by atoms with Gasteiger partial charge in [0.15, 0.2) is 5.82 Å². The summed E-state index contributed by atoms with van der Waals surface area (Å²) in [6, 6.07) is 5.48. The van der Waals surface area contributed by atoms with Gasteiger partial charge < -0.3 is 20.3 Å². The number of carbonyl (C=O) groups excluding carboxylic acids is 2. The van der Waals surface area contributed by atoms with E-state index in [-0.39, 0.29) is 30.1 Å². The largest absolute Gasteiger partial charge is 0.446 e. The molecule has 0 radical (unpaired) electrons. The number of anilines is 2. The van der Waals surface area contributed by atoms with Crippen LogP contribution in [0.2, 0.25) is 0 Å². The fourth-order valence-electron chi connectivity index (χ4n) is 3.34. The Morgan fingerprint density at radius 3 is 2.69 bits per heavy atom. The van der Waals surface area contributed by atoms with Crippen molar-refractivity contribution in [3.05, 3.63) is 35.7 Å². The monoisotopic (exact) mass is 400 g/mol. The summed E-state index contributed by atoms with van der Waals surface area (Å²) < 4.78 is 5.48. The van der Waals surface area contributed by atoms with E-state index in [4.69, 9.17) is 4.74 Å². The van der Waals surface area contributed by atoms with Gasteiger partial charge in [-0.3, -0.25) is 9.89 Å². The van der Waals surface area contributed by atoms with Crippen LogP contribution in [0.15, 0.2) is 24.4 Å². The first kappa shape index (κ1) is 20.6. The van der Waals surface area contributed by atoms with Crippen LogP contribution in [0.1, 0.15) is 55.1 Å². The molecule has 0 bridgehead atoms. The molecule has 0 aromatic carbocycles. The third kappa shape index (κ3) is 5.46. The summed E-state index contributed by atoms with van der Waals surface area (Å²) in [7, 11) is 3.41. The maximum Gasteiger partial charge on any atom is 0.407 e. The first-order valence-electron chi connectivity index (χ1n) is 9.79. The average molecular weight is 400 g/mol. The van der Waals surface area contributed by atoms with Crippen molar-refractivity contribution < 1.29 is 14.3 Å². The van der Waals surface area contributed by atoms with Crippen molar-refractivity contribution >= 4 is 23.6 Å². The molecular formula is C20H28N6O3. The first-order chi connectivity index (χ1) is 13.8. The molecule has 1 saturated carbocycles. The molecule has 0 spiro atoms. The van der Waals surface area contributed by atoms with Gasteiger partial charge in [0.25, 0.3) is 5.91 Å². The molecule has 29 heavy (non-hydrogen) atoms. The van der Waals surface area contributed by atoms with E-state index in [2.05, 4.69) is 25.8 Å². The Morgan fingerprint density at radius 1 is 1.24 bits per heavy atom. The molecule has 1 fully saturated rings. The zero-order chi connectivity index (χ0) is 21.0. The molecule has 0 saturated heterocycles. The fraction of sp³-hybridized carbons (Fsp3) is 0.500. The van der Waals surface area contributed by atoms with E-state index in [9.17, 15) is 9.59 Å². The number of amides is 2. The minimum absolute atomic E-state index is 0.0598. The van der Waals surface area contributed by atoms with Crippen molar-refractivity contribution in [2.45, 2.75) is 51.2 Å². The minimum Gasteiger partial charge on any atom is -0.446 e. The molecule has 3 N–H and O–H groups in total. The second kappa shape index (κ2) is 8.93. The number of alkyl carbamates (subject to hydrolysis) is 1. The lowest BCUT2D eigenvalue weighted by Crippen LogP contribution is -2.33. The highest BCUT2D eigenvalue weighted by Gasteiger charge is 2.30. The molecule has 2 atom stereocenters. The predicted molar refractivity (Wildman–Crippen MR) is 109 cm³/mol. The van der Waals surface area contributed by atoms with Crippen LogP contribution < -0.4 is 10.6 Å². The molecule has 1 aliphatic rings. The fourth-order valence-corrected chi connectivity index (χ4v) is 3.34. The second-order valence-electron chi connectivity index (χ2n) is 7.80. The van der Waals surface area contributed by atoms with Crippen molar-refractivity contribution in [2.24, 2.45) is 0 Å². The van der Waals surface area contributed by atoms with E-state index in [1.54, 1.807) is 32.4 Å². The number of carbonyl (C=O) groups is 2. The first-order valence-corrected chi connectivity index (χ1v) is 9.79. The summed E-state index contributed by atoms with van der Waals surface area (Å²) in [6.07, 6.45) is 3.63. The Bertz CT molecular complexity index is 846. The summed E-state index contributed by atoms with van der Waals surface area (Å²) in [5.74, 6) is 1.44. The maximum atomic E-state index is 11.9. The lowest BCUT2D eigenvalue weighted by molar-refractivity contribution is 0.0827. The number of nitrogens with one attached hydrogen (secondary N) is 3. The normalized spacial score (nSPS) is 18.5. The topological polar surface area (TPSA) is 112 Å². The number of ether oxygens (including phenoxy) is 1. The minimum atomic E-state index is -0.361. The standard InChI is InChI=1S/C20H28N6O3/c1-12(2)22-20(28)29-15-7-5-13(9-15)16-10-18(25-24-16)23-17-8-6-14(11-21-17)19(27)26(3)4/h6,8,10-13,15H,5,7,9H2,1-4H3,(H,22,28)(H2,21,23,24,25). The molecule has 2 amide bonds. The number of H-pyrrole nitrogens is 1. The zero-order valence-corrected chi connectivity index (χ0v) is 17.2. The number of nitrogens with zero attached hydrogens (tertiary/aromatic N) is 3. The van der Waals surface area contributed by atoms with Gasteiger partial charge in [-0.25, -0.2) is 9.78 Å². The van der Waals surface area contributed by atoms with Gasteiger partial charge >= 0.3 is 6.09 Å². The summed E-state index contributed by atoms with van der Waals surface area (Å²) in [5.41, 5.74) is 1.53. The van der Waals surface area contributed by atoms with Gasteiger partial charge in [-0.15, -0.1) is 0 Å². The second-order valence-corrected chi connectivity index (χ2v) is 7.80. The van der Waals surface area contributed by atoms with Gasteiger partial charge in [0.1, 0.15) is 11.9 Å². The van der Waals surface area contributed by atoms with Crippen LogP contribution >= 0.6 is 0 Å². The van der Waals surface area contributed by atoms with Gasteiger partial charge in [-0.2, -0.15) is 5.10 Å². The molecule has 9 nitrogen and oxygen atoms in total. The Hall–Kier alpha value is -3.10. The zero-order valence-electron chi connectivity index (χ0n) is 17.2. The molecule has 2 aromatic rings. The van der Waals surface area contributed by atoms with Gasteiger partial charge in [0, 0.05) is 44.0 Å². The van der Waals surface area contributed by atoms with Crippen LogP contribution in [0.25, 0.3) is 0 Å². The van der Waals surface area contributed by atoms with E-state index in [1.165, 1.54) is 4.90 Å². The van der Waals surface area contributed by atoms with Gasteiger partial charge in [-0.1, -0.05) is 0 Å². The average Bonchev–Trinajstić information content (AvgIpc) is 3.30. The quantitative estimate of drug-likeness (QED) is 0.687. The highest BCUT2D eigenvalue weighted by atomic mass is 16.6. The molecule has 2 unspecified atom stereocenters. The number of hydrogen-bond donors (Lipinski definition) is 3. The van der Waals surface area contributed by atoms with E-state index < -0.39 is 0 Å². The molecule has 3 rings (SSSR count). The van der Waals surface area contributed by atoms with Crippen LogP contribution in [0.3, 0.4) is 0 Å². The molecule has 0 aliphatic heterocycles. The molecule has 2 aromatic heterocycles. The number of aromatic amines is 1. The van der Waals surface area contributed by atoms with Crippen molar-refractivity contribution in [3.8, 4) is 0 Å². The lowest BCUT2D eigenvalue weighted by Gasteiger charge is -2.14. The van der Waals surface area contributed by atoms with E-state index in [0.29, 0.717) is 17.2 Å². The predicted octanol–water partition coefficient (Wildman–Crippen LogP) is 3.02. The Balaban J connectivity index is 1.55. The number of aromatic nitrogens is 3. The highest BCUT2D eigenvalue weighted by molar-refractivity contribution is 5.93. The Morgan fingerprint density at radius 2 is 2.03 bits per heavy atom. The smallest absolute Gasteiger partial charge is 0.407 e. The SMILES string of the molecule is CC(C)NC(=O)OC1CCC(c2cc(Nc3ccc(C(=O)N(C)C)cn3)n[nH]2)C1. The summed E-state index contributed by atoms with van der Waals surface area (Å²) in [5, 5.41) is 13.2. The summed E-state index contributed by atoms with van der Waals surface area (Å²) in [6.45, 7) is 3.81. The van der Waals surface area contributed by atoms with E-state index in [1.807, 2.05) is 19.9 Å². The van der Waals surface area contributed by atoms with Gasteiger partial charge in [0.2, 0.25) is 0 Å². The number of hydrogen-bond acceptors (Lipinski definition) is 6. The van der Waals surface area contributed by atoms with Crippen LogP contribution in [0.5, 0.6) is 0 Å². The third-order valence-corrected chi connectivity index (χ3v) is 4.77. The van der Waals surface area contributed by atoms with E-state index in [0.717, 1.165) is 25.0 Å². The third-order valence-electron chi connectivity index (χ3n) is 4.77. The lowest BCUT2D eigenvalue weighted by atomic mass is 10.0. The molecule has 156 valence electrons. The van der Waals surface area contributed by atoms with E-state index >= 15 is 0 Å². The van der Waals surface area contributed by atoms with Crippen molar-refractivity contribution in [3.63, 3.8) is 0 Å². The summed E-state index contributed by atoms with van der Waals surface area (Å²) >= 11 is 0. The van der Waals surface area contributed by atoms with Crippen LogP contribution in [0, 0.1) is 0 Å². The Kier molecular flexibility index (Phi) is 6.36. The van der Waals surface area contributed by atoms with Crippen molar-refractivity contribution in [2.75, 3.05) is 19.4 Å². The van der Waals surface area contributed by atoms with Crippen molar-refractivity contribution in [1.29, 1.82) is 0 Å². The summed E-state index contributed by atoms with van der Waals surface area (Å²) in [4.78, 5) is 29.5. The Labute approximate surface area is 170 Å². The van der Waals surface area contributed by atoms with Crippen LogP contribution in [-0.4, -0.2) is 58.3 Å². The maximum absolute atomic E-state index is 11.9. The van der Waals surface area contributed by atoms with Crippen molar-refractivity contribution in [1.82, 2.24) is 25.4 Å². The molecule has 1 aliphatic carbocycles. The molecule has 2 heterocycles. The molecule has 9 heteroatoms. The van der Waals surface area contributed by atoms with Gasteiger partial charge in [0.05, 0.1) is 5.56 Å². The highest BCUT2D eigenvalue weighted by Crippen LogP contribution is 2.36. The van der Waals surface area contributed by atoms with Crippen LogP contribution in [-0.2, 0) is 4.74 Å². The van der Waals surface area contributed by atoms with Gasteiger partial charge in [-0.05, 0) is 45.2 Å².